The van der Waals surface area contributed by atoms with Gasteiger partial charge in [-0.05, 0) is 47.7 Å². The molecule has 2 aromatic carbocycles. The average molecular weight is 457 g/mol. The van der Waals surface area contributed by atoms with Crippen LogP contribution in [0.4, 0.5) is 13.2 Å². The summed E-state index contributed by atoms with van der Waals surface area (Å²) >= 11 is -0.242. The number of piperazine rings is 1. The first kappa shape index (κ1) is 22.4. The molecule has 0 N–H and O–H groups in total. The molecular weight excluding hydrogens is 437 g/mol. The maximum Gasteiger partial charge on any atom is 0.446 e. The Morgan fingerprint density at radius 2 is 1.53 bits per heavy atom. The van der Waals surface area contributed by atoms with Crippen LogP contribution in [0.1, 0.15) is 15.9 Å². The van der Waals surface area contributed by atoms with Crippen molar-refractivity contribution >= 4 is 33.8 Å². The number of nitrogens with zero attached hydrogens (tertiary/aromatic N) is 2. The van der Waals surface area contributed by atoms with Crippen LogP contribution < -0.4 is 0 Å². The van der Waals surface area contributed by atoms with Gasteiger partial charge in [0.15, 0.2) is 0 Å². The smallest absolute Gasteiger partial charge is 0.336 e. The number of amides is 1. The second-order valence-corrected chi connectivity index (χ2v) is 9.48. The van der Waals surface area contributed by atoms with E-state index in [1.165, 1.54) is 39.5 Å². The third-order valence-electron chi connectivity index (χ3n) is 4.45. The lowest BCUT2D eigenvalue weighted by atomic mass is 10.2. The second-order valence-electron chi connectivity index (χ2n) is 6.52. The molecule has 1 aliphatic rings. The van der Waals surface area contributed by atoms with Gasteiger partial charge in [-0.15, -0.1) is 0 Å². The van der Waals surface area contributed by atoms with Crippen molar-refractivity contribution in [1.29, 1.82) is 0 Å². The highest BCUT2D eigenvalue weighted by Crippen LogP contribution is 2.36. The molecule has 1 saturated heterocycles. The third-order valence-corrected chi connectivity index (χ3v) is 6.76. The average Bonchev–Trinajstić information content (AvgIpc) is 2.72. The second kappa shape index (κ2) is 9.23. The third kappa shape index (κ3) is 6.10. The van der Waals surface area contributed by atoms with Crippen molar-refractivity contribution in [2.24, 2.45) is 0 Å². The largest absolute Gasteiger partial charge is 0.446 e. The van der Waals surface area contributed by atoms with Gasteiger partial charge in [-0.1, -0.05) is 30.3 Å². The molecule has 0 saturated carbocycles. The van der Waals surface area contributed by atoms with Crippen LogP contribution in [-0.4, -0.2) is 55.2 Å². The lowest BCUT2D eigenvalue weighted by Gasteiger charge is -2.33. The molecule has 0 bridgehead atoms. The van der Waals surface area contributed by atoms with Crippen LogP contribution in [0, 0.1) is 0 Å². The molecule has 5 nitrogen and oxygen atoms in total. The van der Waals surface area contributed by atoms with Gasteiger partial charge in [0.1, 0.15) is 0 Å². The Bertz CT molecular complexity index is 1000. The molecule has 0 radical (unpaired) electrons. The van der Waals surface area contributed by atoms with Gasteiger partial charge < -0.3 is 4.90 Å². The zero-order valence-electron chi connectivity index (χ0n) is 15.7. The van der Waals surface area contributed by atoms with Crippen LogP contribution >= 0.6 is 11.8 Å². The minimum atomic E-state index is -4.39. The fourth-order valence-corrected chi connectivity index (χ4v) is 4.66. The molecule has 160 valence electrons. The monoisotopic (exact) mass is 456 g/mol. The Hall–Kier alpha value is -2.30. The Morgan fingerprint density at radius 3 is 2.10 bits per heavy atom. The Kier molecular flexibility index (Phi) is 6.89. The van der Waals surface area contributed by atoms with E-state index in [0.717, 1.165) is 11.0 Å². The molecule has 0 spiro atoms. The molecule has 1 heterocycles. The zero-order valence-corrected chi connectivity index (χ0v) is 17.4. The Labute approximate surface area is 177 Å². The van der Waals surface area contributed by atoms with E-state index in [1.54, 1.807) is 12.1 Å². The van der Waals surface area contributed by atoms with Gasteiger partial charge in [-0.3, -0.25) is 4.79 Å². The number of benzene rings is 2. The molecule has 0 aliphatic carbocycles. The van der Waals surface area contributed by atoms with E-state index >= 15 is 0 Å². The predicted octanol–water partition coefficient (Wildman–Crippen LogP) is 4.06. The molecule has 0 atom stereocenters. The zero-order chi connectivity index (χ0) is 21.8. The Morgan fingerprint density at radius 1 is 0.933 bits per heavy atom. The number of carbonyl (C=O) groups is 1. The van der Waals surface area contributed by atoms with Gasteiger partial charge in [0.25, 0.3) is 5.91 Å². The summed E-state index contributed by atoms with van der Waals surface area (Å²) in [5, 5.41) is 1.15. The molecule has 1 fully saturated rings. The quantitative estimate of drug-likeness (QED) is 0.637. The fraction of sp³-hybridized carbons (Fsp3) is 0.250. The van der Waals surface area contributed by atoms with Crippen molar-refractivity contribution < 1.29 is 26.4 Å². The van der Waals surface area contributed by atoms with Crippen LogP contribution in [0.15, 0.2) is 64.9 Å². The van der Waals surface area contributed by atoms with Gasteiger partial charge in [0.05, 0.1) is 0 Å². The van der Waals surface area contributed by atoms with Crippen molar-refractivity contribution in [1.82, 2.24) is 9.21 Å². The lowest BCUT2D eigenvalue weighted by Crippen LogP contribution is -2.50. The lowest BCUT2D eigenvalue weighted by molar-refractivity contribution is -0.0328. The first-order valence-corrected chi connectivity index (χ1v) is 11.3. The highest BCUT2D eigenvalue weighted by Gasteiger charge is 2.30. The van der Waals surface area contributed by atoms with Gasteiger partial charge in [0, 0.05) is 42.0 Å². The number of carbonyl (C=O) groups excluding carboxylic acids is 1. The van der Waals surface area contributed by atoms with E-state index in [9.17, 15) is 26.4 Å². The highest BCUT2D eigenvalue weighted by molar-refractivity contribution is 8.00. The van der Waals surface area contributed by atoms with Gasteiger partial charge in [0.2, 0.25) is 10.0 Å². The fourth-order valence-electron chi connectivity index (χ4n) is 2.94. The number of sulfonamides is 1. The highest BCUT2D eigenvalue weighted by atomic mass is 32.2. The van der Waals surface area contributed by atoms with E-state index in [2.05, 4.69) is 0 Å². The van der Waals surface area contributed by atoms with E-state index in [4.69, 9.17) is 0 Å². The van der Waals surface area contributed by atoms with Crippen LogP contribution in [0.3, 0.4) is 0 Å². The number of halogens is 3. The SMILES string of the molecule is O=C(c1ccc(SC(F)(F)F)cc1)N1CCN(S(=O)(=O)/C=C/c2ccccc2)CC1. The maximum atomic E-state index is 12.6. The topological polar surface area (TPSA) is 57.7 Å². The Balaban J connectivity index is 1.58. The summed E-state index contributed by atoms with van der Waals surface area (Å²) in [7, 11) is -3.61. The number of alkyl halides is 3. The van der Waals surface area contributed by atoms with E-state index in [1.807, 2.05) is 18.2 Å². The van der Waals surface area contributed by atoms with Gasteiger partial charge >= 0.3 is 5.51 Å². The summed E-state index contributed by atoms with van der Waals surface area (Å²) in [6, 6.07) is 14.2. The summed E-state index contributed by atoms with van der Waals surface area (Å²) in [6.07, 6.45) is 1.52. The first-order valence-electron chi connectivity index (χ1n) is 9.02. The first-order chi connectivity index (χ1) is 14.1. The summed E-state index contributed by atoms with van der Waals surface area (Å²) in [6.45, 7) is 0.705. The van der Waals surface area contributed by atoms with Crippen LogP contribution in [0.2, 0.25) is 0 Å². The number of hydrogen-bond acceptors (Lipinski definition) is 4. The van der Waals surface area contributed by atoms with Crippen LogP contribution in [-0.2, 0) is 10.0 Å². The van der Waals surface area contributed by atoms with Gasteiger partial charge in [-0.25, -0.2) is 8.42 Å². The number of hydrogen-bond donors (Lipinski definition) is 0. The summed E-state index contributed by atoms with van der Waals surface area (Å²) in [5.74, 6) is -0.338. The van der Waals surface area contributed by atoms with Crippen LogP contribution in [0.25, 0.3) is 6.08 Å². The molecular formula is C20H19F3N2O3S2. The normalized spacial score (nSPS) is 16.2. The minimum absolute atomic E-state index is 0.000154. The molecule has 3 rings (SSSR count). The minimum Gasteiger partial charge on any atom is -0.336 e. The van der Waals surface area contributed by atoms with Crippen molar-refractivity contribution in [3.8, 4) is 0 Å². The molecule has 0 aromatic heterocycles. The summed E-state index contributed by atoms with van der Waals surface area (Å²) < 4.78 is 63.5. The number of thioether (sulfide) groups is 1. The predicted molar refractivity (Wildman–Crippen MR) is 110 cm³/mol. The molecule has 10 heteroatoms. The molecule has 30 heavy (non-hydrogen) atoms. The molecule has 1 amide bonds. The van der Waals surface area contributed by atoms with Crippen molar-refractivity contribution in [3.63, 3.8) is 0 Å². The van der Waals surface area contributed by atoms with E-state index in [-0.39, 0.29) is 54.3 Å². The van der Waals surface area contributed by atoms with Crippen molar-refractivity contribution in [3.05, 3.63) is 71.1 Å². The van der Waals surface area contributed by atoms with Crippen LogP contribution in [0.5, 0.6) is 0 Å². The summed E-state index contributed by atoms with van der Waals surface area (Å²) in [4.78, 5) is 14.1. The molecule has 2 aromatic rings. The van der Waals surface area contributed by atoms with Crippen molar-refractivity contribution in [2.75, 3.05) is 26.2 Å². The number of rotatable bonds is 5. The van der Waals surface area contributed by atoms with Crippen molar-refractivity contribution in [2.45, 2.75) is 10.4 Å². The van der Waals surface area contributed by atoms with E-state index in [0.29, 0.717) is 0 Å². The molecule has 1 aliphatic heterocycles. The standard InChI is InChI=1S/C20H19F3N2O3S2/c21-20(22,23)29-18-8-6-17(7-9-18)19(26)24-11-13-25(14-12-24)30(27,28)15-10-16-4-2-1-3-5-16/h1-10,15H,11-14H2/b15-10+. The van der Waals surface area contributed by atoms with Gasteiger partial charge in [-0.2, -0.15) is 17.5 Å². The maximum absolute atomic E-state index is 12.6. The van der Waals surface area contributed by atoms with E-state index < -0.39 is 15.5 Å². The summed E-state index contributed by atoms with van der Waals surface area (Å²) in [5.41, 5.74) is -3.36. The molecule has 0 unspecified atom stereocenters.